The molecule has 2 N–H and O–H groups in total. The Morgan fingerprint density at radius 2 is 1.68 bits per heavy atom. The number of rotatable bonds is 9. The van der Waals surface area contributed by atoms with Crippen LogP contribution in [-0.2, 0) is 14.3 Å². The van der Waals surface area contributed by atoms with Gasteiger partial charge in [0.2, 0.25) is 5.75 Å². The lowest BCUT2D eigenvalue weighted by molar-refractivity contribution is -0.146. The summed E-state index contributed by atoms with van der Waals surface area (Å²) in [7, 11) is 4.27. The highest BCUT2D eigenvalue weighted by molar-refractivity contribution is 5.97. The number of anilines is 1. The molecule has 0 heterocycles. The quantitative estimate of drug-likeness (QED) is 0.575. The number of nitrogens with zero attached hydrogens (tertiary/aromatic N) is 1. The monoisotopic (exact) mass is 427 g/mol. The molecule has 31 heavy (non-hydrogen) atoms. The second-order valence-electron chi connectivity index (χ2n) is 6.00. The van der Waals surface area contributed by atoms with Crippen LogP contribution in [0.3, 0.4) is 0 Å². The molecule has 0 aliphatic heterocycles. The third-order valence-electron chi connectivity index (χ3n) is 3.96. The topological polar surface area (TPSA) is 136 Å². The van der Waals surface area contributed by atoms with Crippen LogP contribution in [0.15, 0.2) is 36.4 Å². The van der Waals surface area contributed by atoms with Crippen molar-refractivity contribution in [1.82, 2.24) is 5.32 Å². The van der Waals surface area contributed by atoms with Gasteiger partial charge in [-0.2, -0.15) is 5.26 Å². The van der Waals surface area contributed by atoms with Gasteiger partial charge in [0.15, 0.2) is 18.1 Å². The molecule has 0 atom stereocenters. The first-order valence-corrected chi connectivity index (χ1v) is 8.95. The van der Waals surface area contributed by atoms with Crippen molar-refractivity contribution in [2.75, 3.05) is 39.8 Å². The summed E-state index contributed by atoms with van der Waals surface area (Å²) >= 11 is 0. The number of hydrogen-bond acceptors (Lipinski definition) is 8. The predicted molar refractivity (Wildman–Crippen MR) is 109 cm³/mol. The first-order chi connectivity index (χ1) is 14.9. The molecular weight excluding hydrogens is 406 g/mol. The van der Waals surface area contributed by atoms with E-state index >= 15 is 0 Å². The maximum absolute atomic E-state index is 12.3. The van der Waals surface area contributed by atoms with E-state index < -0.39 is 30.9 Å². The number of carbonyl (C=O) groups is 3. The van der Waals surface area contributed by atoms with E-state index in [1.54, 1.807) is 18.2 Å². The first-order valence-electron chi connectivity index (χ1n) is 8.95. The second-order valence-corrected chi connectivity index (χ2v) is 6.00. The van der Waals surface area contributed by atoms with Gasteiger partial charge >= 0.3 is 5.97 Å². The van der Waals surface area contributed by atoms with Crippen LogP contribution in [-0.4, -0.2) is 52.3 Å². The van der Waals surface area contributed by atoms with Crippen molar-refractivity contribution >= 4 is 23.5 Å². The fraction of sp³-hybridized carbons (Fsp3) is 0.238. The van der Waals surface area contributed by atoms with Gasteiger partial charge in [-0.25, -0.2) is 0 Å². The summed E-state index contributed by atoms with van der Waals surface area (Å²) in [6.07, 6.45) is 0. The Hall–Kier alpha value is -4.26. The molecule has 0 unspecified atom stereocenters. The molecule has 2 amide bonds. The van der Waals surface area contributed by atoms with Crippen LogP contribution in [0.5, 0.6) is 17.2 Å². The number of hydrogen-bond donors (Lipinski definition) is 2. The minimum Gasteiger partial charge on any atom is -0.493 e. The number of ether oxygens (including phenoxy) is 4. The largest absolute Gasteiger partial charge is 0.493 e. The summed E-state index contributed by atoms with van der Waals surface area (Å²) < 4.78 is 20.4. The van der Waals surface area contributed by atoms with Crippen LogP contribution in [0, 0.1) is 11.3 Å². The maximum atomic E-state index is 12.3. The van der Waals surface area contributed by atoms with Crippen molar-refractivity contribution in [3.05, 3.63) is 47.5 Å². The zero-order chi connectivity index (χ0) is 22.8. The molecule has 0 spiro atoms. The molecule has 10 nitrogen and oxygen atoms in total. The number of methoxy groups -OCH3 is 3. The highest BCUT2D eigenvalue weighted by Gasteiger charge is 2.18. The van der Waals surface area contributed by atoms with Crippen LogP contribution in [0.25, 0.3) is 0 Å². The van der Waals surface area contributed by atoms with Crippen molar-refractivity contribution in [2.45, 2.75) is 0 Å². The molecule has 0 radical (unpaired) electrons. The van der Waals surface area contributed by atoms with Gasteiger partial charge in [0, 0.05) is 11.3 Å². The molecule has 2 aromatic rings. The molecule has 0 saturated carbocycles. The van der Waals surface area contributed by atoms with Gasteiger partial charge in [-0.05, 0) is 30.3 Å². The van der Waals surface area contributed by atoms with Crippen molar-refractivity contribution in [2.24, 2.45) is 0 Å². The van der Waals surface area contributed by atoms with Crippen molar-refractivity contribution in [1.29, 1.82) is 5.26 Å². The highest BCUT2D eigenvalue weighted by Crippen LogP contribution is 2.38. The lowest BCUT2D eigenvalue weighted by atomic mass is 10.1. The minimum atomic E-state index is -0.804. The van der Waals surface area contributed by atoms with Gasteiger partial charge in [0.1, 0.15) is 6.54 Å². The Balaban J connectivity index is 1.87. The Labute approximate surface area is 178 Å². The summed E-state index contributed by atoms with van der Waals surface area (Å²) in [4.78, 5) is 36.1. The van der Waals surface area contributed by atoms with Crippen molar-refractivity contribution in [3.63, 3.8) is 0 Å². The van der Waals surface area contributed by atoms with Gasteiger partial charge < -0.3 is 29.6 Å². The fourth-order valence-electron chi connectivity index (χ4n) is 2.53. The third kappa shape index (κ3) is 6.37. The van der Waals surface area contributed by atoms with Gasteiger partial charge in [-0.15, -0.1) is 0 Å². The van der Waals surface area contributed by atoms with Crippen LogP contribution in [0.1, 0.15) is 15.9 Å². The van der Waals surface area contributed by atoms with E-state index in [0.717, 1.165) is 0 Å². The summed E-state index contributed by atoms with van der Waals surface area (Å²) in [6, 6.07) is 11.1. The van der Waals surface area contributed by atoms with Crippen LogP contribution in [0.2, 0.25) is 0 Å². The maximum Gasteiger partial charge on any atom is 0.325 e. The molecule has 2 rings (SSSR count). The summed E-state index contributed by atoms with van der Waals surface area (Å²) in [5.74, 6) is -1.07. The van der Waals surface area contributed by atoms with Gasteiger partial charge in [0.25, 0.3) is 11.8 Å². The van der Waals surface area contributed by atoms with E-state index in [2.05, 4.69) is 10.6 Å². The Bertz CT molecular complexity index is 989. The minimum absolute atomic E-state index is 0.178. The Morgan fingerprint density at radius 1 is 1.00 bits per heavy atom. The second kappa shape index (κ2) is 11.1. The number of nitrogens with one attached hydrogen (secondary N) is 2. The van der Waals surface area contributed by atoms with E-state index in [9.17, 15) is 14.4 Å². The molecule has 2 aromatic carbocycles. The number of carbonyl (C=O) groups excluding carboxylic acids is 3. The molecule has 0 bridgehead atoms. The first kappa shape index (κ1) is 23.0. The standard InChI is InChI=1S/C21H21N3O7/c1-28-16-8-14(9-17(29-2)20(16)30-3)21(27)23-11-19(26)31-12-18(25)24-15-6-4-5-13(7-15)10-22/h4-9H,11-12H2,1-3H3,(H,23,27)(H,24,25). The average Bonchev–Trinajstić information content (AvgIpc) is 2.80. The summed E-state index contributed by atoms with van der Waals surface area (Å²) in [5.41, 5.74) is 0.956. The smallest absolute Gasteiger partial charge is 0.325 e. The van der Waals surface area contributed by atoms with Crippen LogP contribution >= 0.6 is 0 Å². The molecular formula is C21H21N3O7. The SMILES string of the molecule is COc1cc(C(=O)NCC(=O)OCC(=O)Nc2cccc(C#N)c2)cc(OC)c1OC. The number of nitriles is 1. The zero-order valence-electron chi connectivity index (χ0n) is 17.2. The Morgan fingerprint density at radius 3 is 2.26 bits per heavy atom. The van der Waals surface area contributed by atoms with E-state index in [1.807, 2.05) is 6.07 Å². The van der Waals surface area contributed by atoms with Crippen LogP contribution < -0.4 is 24.8 Å². The lowest BCUT2D eigenvalue weighted by Gasteiger charge is -2.14. The summed E-state index contributed by atoms with van der Waals surface area (Å²) in [5, 5.41) is 13.8. The van der Waals surface area contributed by atoms with Crippen molar-refractivity contribution in [3.8, 4) is 23.3 Å². The molecule has 0 aliphatic rings. The molecule has 0 aliphatic carbocycles. The molecule has 0 fully saturated rings. The lowest BCUT2D eigenvalue weighted by Crippen LogP contribution is -2.32. The molecule has 162 valence electrons. The van der Waals surface area contributed by atoms with E-state index in [0.29, 0.717) is 17.0 Å². The summed E-state index contributed by atoms with van der Waals surface area (Å²) in [6.45, 7) is -0.998. The average molecular weight is 427 g/mol. The number of amides is 2. The normalized spacial score (nSPS) is 9.74. The number of benzene rings is 2. The van der Waals surface area contributed by atoms with Crippen molar-refractivity contribution < 1.29 is 33.3 Å². The fourth-order valence-corrected chi connectivity index (χ4v) is 2.53. The van der Waals surface area contributed by atoms with E-state index in [1.165, 1.54) is 39.5 Å². The van der Waals surface area contributed by atoms with E-state index in [-0.39, 0.29) is 17.1 Å². The predicted octanol–water partition coefficient (Wildman–Crippen LogP) is 1.50. The van der Waals surface area contributed by atoms with Gasteiger partial charge in [0.05, 0.1) is 33.0 Å². The van der Waals surface area contributed by atoms with Crippen LogP contribution in [0.4, 0.5) is 5.69 Å². The highest BCUT2D eigenvalue weighted by atomic mass is 16.5. The Kier molecular flexibility index (Phi) is 8.22. The third-order valence-corrected chi connectivity index (χ3v) is 3.96. The molecule has 10 heteroatoms. The van der Waals surface area contributed by atoms with Gasteiger partial charge in [-0.3, -0.25) is 14.4 Å². The molecule has 0 saturated heterocycles. The van der Waals surface area contributed by atoms with E-state index in [4.69, 9.17) is 24.2 Å². The number of esters is 1. The molecule has 0 aromatic heterocycles. The zero-order valence-corrected chi connectivity index (χ0v) is 17.2. The van der Waals surface area contributed by atoms with Gasteiger partial charge in [-0.1, -0.05) is 6.07 Å².